The predicted octanol–water partition coefficient (Wildman–Crippen LogP) is 0.982. The van der Waals surface area contributed by atoms with Crippen LogP contribution >= 0.6 is 22.9 Å². The Morgan fingerprint density at radius 1 is 1.77 bits per heavy atom. The summed E-state index contributed by atoms with van der Waals surface area (Å²) in [6.07, 6.45) is 0. The summed E-state index contributed by atoms with van der Waals surface area (Å²) in [5.74, 6) is 0.569. The van der Waals surface area contributed by atoms with Crippen molar-refractivity contribution in [2.75, 3.05) is 30.5 Å². The van der Waals surface area contributed by atoms with Crippen LogP contribution in [0.15, 0.2) is 5.51 Å². The zero-order valence-electron chi connectivity index (χ0n) is 7.02. The van der Waals surface area contributed by atoms with Gasteiger partial charge in [0.05, 0.1) is 19.3 Å². The summed E-state index contributed by atoms with van der Waals surface area (Å²) in [5, 5.41) is 8.77. The molecule has 0 bridgehead atoms. The number of morpholine rings is 1. The van der Waals surface area contributed by atoms with Crippen LogP contribution in [0.3, 0.4) is 0 Å². The molecule has 2 rings (SSSR count). The van der Waals surface area contributed by atoms with Crippen molar-refractivity contribution in [3.05, 3.63) is 5.51 Å². The molecule has 0 radical (unpaired) electrons. The highest BCUT2D eigenvalue weighted by atomic mass is 35.5. The maximum Gasteiger partial charge on any atom is 0.208 e. The minimum atomic E-state index is 0.239. The Morgan fingerprint density at radius 2 is 2.69 bits per heavy atom. The normalized spacial score (nSPS) is 23.5. The third-order valence-corrected chi connectivity index (χ3v) is 3.08. The van der Waals surface area contributed by atoms with Crippen LogP contribution in [-0.4, -0.2) is 41.9 Å². The topological polar surface area (TPSA) is 38.2 Å². The van der Waals surface area contributed by atoms with E-state index in [9.17, 15) is 0 Å². The highest BCUT2D eigenvalue weighted by Gasteiger charge is 2.24. The zero-order chi connectivity index (χ0) is 9.10. The van der Waals surface area contributed by atoms with Crippen LogP contribution in [-0.2, 0) is 4.74 Å². The summed E-state index contributed by atoms with van der Waals surface area (Å²) in [7, 11) is 0. The lowest BCUT2D eigenvalue weighted by Crippen LogP contribution is -2.46. The van der Waals surface area contributed by atoms with Crippen LogP contribution in [0.5, 0.6) is 0 Å². The first-order valence-electron chi connectivity index (χ1n) is 4.08. The van der Waals surface area contributed by atoms with Gasteiger partial charge in [0, 0.05) is 12.4 Å². The molecule has 0 spiro atoms. The van der Waals surface area contributed by atoms with E-state index < -0.39 is 0 Å². The molecule has 13 heavy (non-hydrogen) atoms. The third kappa shape index (κ3) is 1.92. The van der Waals surface area contributed by atoms with Crippen molar-refractivity contribution >= 4 is 28.1 Å². The molecule has 0 saturated carbocycles. The third-order valence-electron chi connectivity index (χ3n) is 2.00. The number of hydrogen-bond donors (Lipinski definition) is 0. The molecule has 2 heterocycles. The molecule has 1 atom stereocenters. The van der Waals surface area contributed by atoms with E-state index in [0.717, 1.165) is 18.3 Å². The molecule has 1 saturated heterocycles. The average Bonchev–Trinajstić information content (AvgIpc) is 2.70. The molecule has 1 aliphatic rings. The van der Waals surface area contributed by atoms with E-state index in [1.54, 1.807) is 5.51 Å². The highest BCUT2D eigenvalue weighted by Crippen LogP contribution is 2.21. The van der Waals surface area contributed by atoms with Gasteiger partial charge in [0.15, 0.2) is 0 Å². The second kappa shape index (κ2) is 4.21. The van der Waals surface area contributed by atoms with Gasteiger partial charge in [-0.15, -0.1) is 21.8 Å². The molecule has 0 N–H and O–H groups in total. The largest absolute Gasteiger partial charge is 0.377 e. The van der Waals surface area contributed by atoms with E-state index in [1.165, 1.54) is 11.3 Å². The Kier molecular flexibility index (Phi) is 2.97. The van der Waals surface area contributed by atoms with Crippen LogP contribution < -0.4 is 4.90 Å². The van der Waals surface area contributed by atoms with Gasteiger partial charge in [0.1, 0.15) is 5.51 Å². The smallest absolute Gasteiger partial charge is 0.208 e. The van der Waals surface area contributed by atoms with E-state index >= 15 is 0 Å². The van der Waals surface area contributed by atoms with Crippen LogP contribution in [0.2, 0.25) is 0 Å². The second-order valence-corrected chi connectivity index (χ2v) is 3.92. The number of rotatable bonds is 2. The molecule has 1 aromatic heterocycles. The van der Waals surface area contributed by atoms with E-state index in [0.29, 0.717) is 12.5 Å². The SMILES string of the molecule is ClCC1COCCN1c1nncs1. The molecule has 72 valence electrons. The van der Waals surface area contributed by atoms with Gasteiger partial charge in [-0.3, -0.25) is 0 Å². The van der Waals surface area contributed by atoms with Crippen molar-refractivity contribution in [3.63, 3.8) is 0 Å². The second-order valence-electron chi connectivity index (χ2n) is 2.80. The molecule has 1 fully saturated rings. The molecule has 0 aliphatic carbocycles. The van der Waals surface area contributed by atoms with Gasteiger partial charge in [0.25, 0.3) is 0 Å². The van der Waals surface area contributed by atoms with Gasteiger partial charge in [0.2, 0.25) is 5.13 Å². The summed E-state index contributed by atoms with van der Waals surface area (Å²) < 4.78 is 5.33. The summed E-state index contributed by atoms with van der Waals surface area (Å²) >= 11 is 7.36. The first-order valence-corrected chi connectivity index (χ1v) is 5.49. The first kappa shape index (κ1) is 9.18. The Morgan fingerprint density at radius 3 is 3.38 bits per heavy atom. The number of nitrogens with zero attached hydrogens (tertiary/aromatic N) is 3. The number of aromatic nitrogens is 2. The summed E-state index contributed by atoms with van der Waals surface area (Å²) in [6.45, 7) is 2.28. The van der Waals surface area contributed by atoms with Crippen molar-refractivity contribution in [1.29, 1.82) is 0 Å². The zero-order valence-corrected chi connectivity index (χ0v) is 8.59. The number of hydrogen-bond acceptors (Lipinski definition) is 5. The minimum Gasteiger partial charge on any atom is -0.377 e. The van der Waals surface area contributed by atoms with Gasteiger partial charge in [-0.1, -0.05) is 11.3 Å². The molecule has 0 aromatic carbocycles. The Bertz CT molecular complexity index is 256. The molecule has 1 unspecified atom stereocenters. The monoisotopic (exact) mass is 219 g/mol. The summed E-state index contributed by atoms with van der Waals surface area (Å²) in [5.41, 5.74) is 1.73. The molecule has 1 aliphatic heterocycles. The summed E-state index contributed by atoms with van der Waals surface area (Å²) in [6, 6.07) is 0.239. The first-order chi connectivity index (χ1) is 6.42. The van der Waals surface area contributed by atoms with Gasteiger partial charge < -0.3 is 9.64 Å². The predicted molar refractivity (Wildman–Crippen MR) is 52.6 cm³/mol. The number of halogens is 1. The lowest BCUT2D eigenvalue weighted by molar-refractivity contribution is 0.0997. The molecule has 6 heteroatoms. The quantitative estimate of drug-likeness (QED) is 0.696. The van der Waals surface area contributed by atoms with Gasteiger partial charge in [-0.05, 0) is 0 Å². The molecule has 4 nitrogen and oxygen atoms in total. The molecular formula is C7H10ClN3OS. The van der Waals surface area contributed by atoms with Gasteiger partial charge in [-0.25, -0.2) is 0 Å². The molecule has 0 amide bonds. The van der Waals surface area contributed by atoms with Crippen LogP contribution in [0.4, 0.5) is 5.13 Å². The van der Waals surface area contributed by atoms with E-state index in [1.807, 2.05) is 0 Å². The molecular weight excluding hydrogens is 210 g/mol. The lowest BCUT2D eigenvalue weighted by Gasteiger charge is -2.33. The Balaban J connectivity index is 2.11. The van der Waals surface area contributed by atoms with Crippen molar-refractivity contribution in [3.8, 4) is 0 Å². The number of ether oxygens (including phenoxy) is 1. The lowest BCUT2D eigenvalue weighted by atomic mass is 10.3. The van der Waals surface area contributed by atoms with Gasteiger partial charge in [-0.2, -0.15) is 0 Å². The fourth-order valence-electron chi connectivity index (χ4n) is 1.33. The maximum absolute atomic E-state index is 5.83. The van der Waals surface area contributed by atoms with Crippen LogP contribution in [0.1, 0.15) is 0 Å². The van der Waals surface area contributed by atoms with Crippen molar-refractivity contribution in [2.45, 2.75) is 6.04 Å². The van der Waals surface area contributed by atoms with E-state index in [-0.39, 0.29) is 6.04 Å². The van der Waals surface area contributed by atoms with Crippen LogP contribution in [0.25, 0.3) is 0 Å². The fraction of sp³-hybridized carbons (Fsp3) is 0.714. The standard InChI is InChI=1S/C7H10ClN3OS/c8-3-6-4-12-2-1-11(6)7-10-9-5-13-7/h5-6H,1-4H2. The number of alkyl halides is 1. The Hall–Kier alpha value is -0.390. The van der Waals surface area contributed by atoms with Crippen molar-refractivity contribution in [2.24, 2.45) is 0 Å². The van der Waals surface area contributed by atoms with Crippen molar-refractivity contribution < 1.29 is 4.74 Å². The van der Waals surface area contributed by atoms with E-state index in [2.05, 4.69) is 15.1 Å². The molecule has 1 aromatic rings. The summed E-state index contributed by atoms with van der Waals surface area (Å²) in [4.78, 5) is 2.16. The van der Waals surface area contributed by atoms with Crippen LogP contribution in [0, 0.1) is 0 Å². The minimum absolute atomic E-state index is 0.239. The maximum atomic E-state index is 5.83. The number of anilines is 1. The van der Waals surface area contributed by atoms with E-state index in [4.69, 9.17) is 16.3 Å². The van der Waals surface area contributed by atoms with Gasteiger partial charge >= 0.3 is 0 Å². The highest BCUT2D eigenvalue weighted by molar-refractivity contribution is 7.13. The van der Waals surface area contributed by atoms with Crippen molar-refractivity contribution in [1.82, 2.24) is 10.2 Å². The Labute approximate surface area is 85.5 Å². The average molecular weight is 220 g/mol. The fourth-order valence-corrected chi connectivity index (χ4v) is 2.24.